The molecule has 19 heavy (non-hydrogen) atoms. The lowest BCUT2D eigenvalue weighted by Gasteiger charge is -2.10. The van der Waals surface area contributed by atoms with Gasteiger partial charge in [0.15, 0.2) is 0 Å². The number of benzene rings is 2. The second-order valence-electron chi connectivity index (χ2n) is 4.32. The molecule has 0 unspecified atom stereocenters. The Hall–Kier alpha value is -2.48. The van der Waals surface area contributed by atoms with Crippen molar-refractivity contribution in [1.82, 2.24) is 4.98 Å². The highest BCUT2D eigenvalue weighted by Crippen LogP contribution is 2.21. The highest BCUT2D eigenvalue weighted by Gasteiger charge is 2.01. The van der Waals surface area contributed by atoms with Crippen molar-refractivity contribution in [3.8, 4) is 5.75 Å². The van der Waals surface area contributed by atoms with Gasteiger partial charge in [-0.3, -0.25) is 0 Å². The van der Waals surface area contributed by atoms with E-state index in [0.717, 1.165) is 5.75 Å². The first-order valence-corrected chi connectivity index (χ1v) is 6.34. The molecule has 1 aliphatic rings. The molecule has 3 aromatic rings. The normalized spacial score (nSPS) is 12.2. The highest BCUT2D eigenvalue weighted by atomic mass is 16.5. The maximum absolute atomic E-state index is 5.34. The van der Waals surface area contributed by atoms with Gasteiger partial charge in [0.05, 0.1) is 0 Å². The van der Waals surface area contributed by atoms with Gasteiger partial charge in [-0.15, -0.1) is 0 Å². The summed E-state index contributed by atoms with van der Waals surface area (Å²) in [4.78, 5) is 3.12. The van der Waals surface area contributed by atoms with Crippen LogP contribution in [0.5, 0.6) is 5.75 Å². The maximum atomic E-state index is 5.34. The number of fused-ring (bicyclic) bond motifs is 2. The van der Waals surface area contributed by atoms with E-state index < -0.39 is 0 Å². The van der Waals surface area contributed by atoms with E-state index in [1.807, 2.05) is 48.7 Å². The lowest BCUT2D eigenvalue weighted by Crippen LogP contribution is -1.98. The topological polar surface area (TPSA) is 25.0 Å². The number of aromatic amines is 1. The summed E-state index contributed by atoms with van der Waals surface area (Å²) in [7, 11) is 0. The van der Waals surface area contributed by atoms with Gasteiger partial charge in [0.2, 0.25) is 0 Å². The Labute approximate surface area is 112 Å². The Morgan fingerprint density at radius 3 is 2.63 bits per heavy atom. The molecule has 2 nitrogen and oxygen atoms in total. The molecule has 0 fully saturated rings. The van der Waals surface area contributed by atoms with Crippen LogP contribution in [0.3, 0.4) is 0 Å². The van der Waals surface area contributed by atoms with E-state index in [4.69, 9.17) is 4.74 Å². The van der Waals surface area contributed by atoms with Crippen molar-refractivity contribution < 1.29 is 4.74 Å². The van der Waals surface area contributed by atoms with Gasteiger partial charge in [-0.1, -0.05) is 42.5 Å². The minimum absolute atomic E-state index is 0.705. The third-order valence-electron chi connectivity index (χ3n) is 3.01. The number of hydrogen-bond donors (Lipinski definition) is 1. The summed E-state index contributed by atoms with van der Waals surface area (Å²) in [6.07, 6.45) is 6.05. The van der Waals surface area contributed by atoms with Crippen molar-refractivity contribution >= 4 is 17.0 Å². The van der Waals surface area contributed by atoms with Crippen molar-refractivity contribution in [3.05, 3.63) is 72.4 Å². The number of nitrogens with one attached hydrogen (secondary N) is 1. The molecule has 0 saturated heterocycles. The van der Waals surface area contributed by atoms with Gasteiger partial charge in [-0.2, -0.15) is 0 Å². The fourth-order valence-corrected chi connectivity index (χ4v) is 2.06. The van der Waals surface area contributed by atoms with Crippen LogP contribution in [0.4, 0.5) is 0 Å². The van der Waals surface area contributed by atoms with Crippen LogP contribution < -0.4 is 4.74 Å². The van der Waals surface area contributed by atoms with E-state index in [1.54, 1.807) is 0 Å². The summed E-state index contributed by atoms with van der Waals surface area (Å²) in [5, 5.41) is 1.28. The molecular weight excluding hydrogens is 234 g/mol. The number of rotatable bonds is 0. The molecule has 1 N–H and O–H groups in total. The summed E-state index contributed by atoms with van der Waals surface area (Å²) in [5.74, 6) is 0.991. The Morgan fingerprint density at radius 1 is 0.895 bits per heavy atom. The van der Waals surface area contributed by atoms with Gasteiger partial charge in [0, 0.05) is 17.3 Å². The molecular formula is C17H15NO. The maximum Gasteiger partial charge on any atom is 0.126 e. The van der Waals surface area contributed by atoms with Crippen LogP contribution >= 0.6 is 0 Å². The quantitative estimate of drug-likeness (QED) is 0.632. The second kappa shape index (κ2) is 5.44. The monoisotopic (exact) mass is 249 g/mol. The predicted octanol–water partition coefficient (Wildman–Crippen LogP) is 4.26. The van der Waals surface area contributed by atoms with E-state index in [9.17, 15) is 0 Å². The van der Waals surface area contributed by atoms with E-state index >= 15 is 0 Å². The second-order valence-corrected chi connectivity index (χ2v) is 4.32. The first-order valence-electron chi connectivity index (χ1n) is 6.34. The number of H-pyrrole nitrogens is 1. The largest absolute Gasteiger partial charge is 0.489 e. The van der Waals surface area contributed by atoms with E-state index in [2.05, 4.69) is 29.3 Å². The number of para-hydroxylation sites is 2. The van der Waals surface area contributed by atoms with Crippen molar-refractivity contribution in [1.29, 1.82) is 0 Å². The fourth-order valence-electron chi connectivity index (χ4n) is 2.06. The summed E-state index contributed by atoms with van der Waals surface area (Å²) in [6, 6.07) is 18.3. The van der Waals surface area contributed by atoms with Gasteiger partial charge in [0.1, 0.15) is 12.4 Å². The molecule has 0 spiro atoms. The summed E-state index contributed by atoms with van der Waals surface area (Å²) < 4.78 is 5.34. The number of ether oxygens (including phenoxy) is 1. The molecule has 0 bridgehead atoms. The lowest BCUT2D eigenvalue weighted by molar-refractivity contribution is 0.358. The standard InChI is InChI=1S/C9H8O.C8H7N/c1-2-6-9-8(4-1)5-3-7-10-9;1-2-4-8-7(3-1)5-6-9-8/h1-6H,7H2;1-6,9H. The molecule has 2 heteroatoms. The number of hydrogen-bond acceptors (Lipinski definition) is 1. The molecule has 0 saturated carbocycles. The molecule has 0 aliphatic carbocycles. The van der Waals surface area contributed by atoms with Crippen LogP contribution in [0.25, 0.3) is 17.0 Å². The minimum atomic E-state index is 0.705. The Balaban J connectivity index is 0.000000117. The first-order chi connectivity index (χ1) is 9.43. The molecule has 94 valence electrons. The molecule has 4 rings (SSSR count). The zero-order chi connectivity index (χ0) is 12.9. The minimum Gasteiger partial charge on any atom is -0.489 e. The molecule has 2 aromatic carbocycles. The van der Waals surface area contributed by atoms with Gasteiger partial charge in [-0.05, 0) is 29.7 Å². The smallest absolute Gasteiger partial charge is 0.126 e. The Morgan fingerprint density at radius 2 is 1.74 bits per heavy atom. The van der Waals surface area contributed by atoms with Crippen LogP contribution in [0.1, 0.15) is 5.56 Å². The Bertz CT molecular complexity index is 667. The third-order valence-corrected chi connectivity index (χ3v) is 3.01. The lowest BCUT2D eigenvalue weighted by atomic mass is 10.1. The van der Waals surface area contributed by atoms with E-state index in [1.165, 1.54) is 16.5 Å². The van der Waals surface area contributed by atoms with Gasteiger partial charge in [-0.25, -0.2) is 0 Å². The molecule has 0 radical (unpaired) electrons. The zero-order valence-electron chi connectivity index (χ0n) is 10.5. The van der Waals surface area contributed by atoms with Crippen LogP contribution in [0.15, 0.2) is 66.9 Å². The van der Waals surface area contributed by atoms with Crippen LogP contribution in [-0.2, 0) is 0 Å². The molecule has 0 amide bonds. The van der Waals surface area contributed by atoms with Crippen LogP contribution in [0, 0.1) is 0 Å². The van der Waals surface area contributed by atoms with Crippen molar-refractivity contribution in [2.75, 3.05) is 6.61 Å². The Kier molecular flexibility index (Phi) is 3.32. The van der Waals surface area contributed by atoms with Crippen molar-refractivity contribution in [2.24, 2.45) is 0 Å². The van der Waals surface area contributed by atoms with Gasteiger partial charge < -0.3 is 9.72 Å². The average molecular weight is 249 g/mol. The van der Waals surface area contributed by atoms with Crippen LogP contribution in [0.2, 0.25) is 0 Å². The summed E-state index contributed by atoms with van der Waals surface area (Å²) >= 11 is 0. The van der Waals surface area contributed by atoms with Crippen molar-refractivity contribution in [2.45, 2.75) is 0 Å². The van der Waals surface area contributed by atoms with E-state index in [-0.39, 0.29) is 0 Å². The SMILES string of the molecule is C1=Cc2ccccc2OC1.c1ccc2[nH]ccc2c1. The van der Waals surface area contributed by atoms with Gasteiger partial charge >= 0.3 is 0 Å². The number of aromatic nitrogens is 1. The molecule has 0 atom stereocenters. The third kappa shape index (κ3) is 2.68. The highest BCUT2D eigenvalue weighted by molar-refractivity contribution is 5.78. The average Bonchev–Trinajstić information content (AvgIpc) is 2.96. The van der Waals surface area contributed by atoms with Crippen molar-refractivity contribution in [3.63, 3.8) is 0 Å². The summed E-state index contributed by atoms with van der Waals surface area (Å²) in [5.41, 5.74) is 2.38. The molecule has 2 heterocycles. The predicted molar refractivity (Wildman–Crippen MR) is 79.3 cm³/mol. The van der Waals surface area contributed by atoms with Crippen LogP contribution in [-0.4, -0.2) is 11.6 Å². The first kappa shape index (κ1) is 11.6. The molecule has 1 aliphatic heterocycles. The fraction of sp³-hybridized carbons (Fsp3) is 0.0588. The van der Waals surface area contributed by atoms with Gasteiger partial charge in [0.25, 0.3) is 0 Å². The zero-order valence-corrected chi connectivity index (χ0v) is 10.5. The molecule has 1 aromatic heterocycles. The van der Waals surface area contributed by atoms with E-state index in [0.29, 0.717) is 6.61 Å². The summed E-state index contributed by atoms with van der Waals surface area (Å²) in [6.45, 7) is 0.705.